The fraction of sp³-hybridized carbons (Fsp3) is 0.611. The van der Waals surface area contributed by atoms with Gasteiger partial charge in [0.15, 0.2) is 0 Å². The Labute approximate surface area is 156 Å². The first-order valence-electron chi connectivity index (χ1n) is 9.21. The largest absolute Gasteiger partial charge is 0.372 e. The third-order valence-electron chi connectivity index (χ3n) is 5.15. The number of nitrogens with one attached hydrogen (secondary N) is 1. The van der Waals surface area contributed by atoms with E-state index < -0.39 is 10.2 Å². The van der Waals surface area contributed by atoms with Crippen LogP contribution < -0.4 is 10.2 Å². The Morgan fingerprint density at radius 2 is 1.73 bits per heavy atom. The van der Waals surface area contributed by atoms with Crippen molar-refractivity contribution < 1.29 is 13.2 Å². The number of benzene rings is 1. The molecule has 26 heavy (non-hydrogen) atoms. The lowest BCUT2D eigenvalue weighted by Crippen LogP contribution is -2.47. The summed E-state index contributed by atoms with van der Waals surface area (Å²) in [4.78, 5) is 14.9. The fourth-order valence-corrected chi connectivity index (χ4v) is 4.76. The smallest absolute Gasteiger partial charge is 0.281 e. The van der Waals surface area contributed by atoms with E-state index in [1.165, 1.54) is 41.2 Å². The zero-order valence-corrected chi connectivity index (χ0v) is 16.3. The summed E-state index contributed by atoms with van der Waals surface area (Å²) in [5.74, 6) is -0.436. The Balaban J connectivity index is 1.60. The Kier molecular flexibility index (Phi) is 5.84. The lowest BCUT2D eigenvalue weighted by atomic mass is 9.98. The van der Waals surface area contributed by atoms with Crippen molar-refractivity contribution in [2.24, 2.45) is 5.92 Å². The van der Waals surface area contributed by atoms with E-state index in [-0.39, 0.29) is 18.4 Å². The van der Waals surface area contributed by atoms with E-state index in [0.29, 0.717) is 19.4 Å². The summed E-state index contributed by atoms with van der Waals surface area (Å²) >= 11 is 0. The van der Waals surface area contributed by atoms with Crippen LogP contribution >= 0.6 is 0 Å². The number of piperidine rings is 1. The van der Waals surface area contributed by atoms with Crippen LogP contribution in [0.2, 0.25) is 0 Å². The van der Waals surface area contributed by atoms with Crippen LogP contribution in [0.4, 0.5) is 11.4 Å². The fourth-order valence-electron chi connectivity index (χ4n) is 3.57. The molecule has 2 fully saturated rings. The van der Waals surface area contributed by atoms with Crippen LogP contribution in [0.5, 0.6) is 0 Å². The van der Waals surface area contributed by atoms with E-state index in [9.17, 15) is 13.2 Å². The van der Waals surface area contributed by atoms with Crippen LogP contribution in [0.1, 0.15) is 25.7 Å². The monoisotopic (exact) mass is 380 g/mol. The summed E-state index contributed by atoms with van der Waals surface area (Å²) in [6.07, 6.45) is 3.86. The van der Waals surface area contributed by atoms with Gasteiger partial charge in [0.05, 0.1) is 5.92 Å². The van der Waals surface area contributed by atoms with Crippen molar-refractivity contribution in [1.29, 1.82) is 0 Å². The average molecular weight is 381 g/mol. The predicted octanol–water partition coefficient (Wildman–Crippen LogP) is 1.74. The second-order valence-corrected chi connectivity index (χ2v) is 9.36. The van der Waals surface area contributed by atoms with Gasteiger partial charge in [0.2, 0.25) is 5.91 Å². The zero-order chi connectivity index (χ0) is 18.7. The first-order valence-corrected chi connectivity index (χ1v) is 10.6. The van der Waals surface area contributed by atoms with Gasteiger partial charge in [-0.2, -0.15) is 17.0 Å². The van der Waals surface area contributed by atoms with Gasteiger partial charge in [0.25, 0.3) is 10.2 Å². The summed E-state index contributed by atoms with van der Waals surface area (Å²) in [7, 11) is -0.444. The molecule has 0 unspecified atom stereocenters. The van der Waals surface area contributed by atoms with Gasteiger partial charge in [-0.3, -0.25) is 4.79 Å². The molecule has 144 valence electrons. The second-order valence-electron chi connectivity index (χ2n) is 7.22. The summed E-state index contributed by atoms with van der Waals surface area (Å²) < 4.78 is 27.2. The molecule has 2 saturated heterocycles. The summed E-state index contributed by atoms with van der Waals surface area (Å²) in [6, 6.07) is 7.90. The van der Waals surface area contributed by atoms with Gasteiger partial charge in [-0.05, 0) is 49.9 Å². The van der Waals surface area contributed by atoms with Crippen LogP contribution in [0, 0.1) is 5.92 Å². The summed E-state index contributed by atoms with van der Waals surface area (Å²) in [5, 5.41) is 2.94. The number of carbonyl (C=O) groups excluding carboxylic acids is 1. The van der Waals surface area contributed by atoms with Crippen molar-refractivity contribution in [2.75, 3.05) is 50.5 Å². The molecule has 1 aromatic carbocycles. The molecular weight excluding hydrogens is 352 g/mol. The highest BCUT2D eigenvalue weighted by Gasteiger charge is 2.33. The van der Waals surface area contributed by atoms with Gasteiger partial charge in [-0.15, -0.1) is 0 Å². The molecule has 2 aliphatic rings. The third kappa shape index (κ3) is 4.19. The molecule has 3 rings (SSSR count). The number of rotatable bonds is 5. The van der Waals surface area contributed by atoms with Gasteiger partial charge in [-0.1, -0.05) is 0 Å². The molecular formula is C18H28N4O3S. The van der Waals surface area contributed by atoms with Crippen LogP contribution in [-0.2, 0) is 15.0 Å². The van der Waals surface area contributed by atoms with E-state index in [2.05, 4.69) is 10.2 Å². The molecule has 0 radical (unpaired) electrons. The Hall–Kier alpha value is -1.64. The summed E-state index contributed by atoms with van der Waals surface area (Å²) in [6.45, 7) is 2.88. The van der Waals surface area contributed by atoms with Gasteiger partial charge in [0.1, 0.15) is 0 Å². The molecule has 1 atom stereocenters. The highest BCUT2D eigenvalue weighted by atomic mass is 32.2. The summed E-state index contributed by atoms with van der Waals surface area (Å²) in [5.41, 5.74) is 1.94. The van der Waals surface area contributed by atoms with E-state index in [4.69, 9.17) is 0 Å². The minimum absolute atomic E-state index is 0.113. The Morgan fingerprint density at radius 1 is 1.08 bits per heavy atom. The quantitative estimate of drug-likeness (QED) is 0.845. The lowest BCUT2D eigenvalue weighted by molar-refractivity contribution is -0.120. The highest BCUT2D eigenvalue weighted by molar-refractivity contribution is 7.86. The standard InChI is InChI=1S/C18H28N4O3S/c1-20(2)26(24,25)22-13-5-6-15(14-22)18(23)19-16-7-9-17(10-8-16)21-11-3-4-12-21/h7-10,15H,3-6,11-14H2,1-2H3,(H,19,23)/t15-/m1/s1. The van der Waals surface area contributed by atoms with E-state index >= 15 is 0 Å². The predicted molar refractivity (Wildman–Crippen MR) is 103 cm³/mol. The van der Waals surface area contributed by atoms with Crippen molar-refractivity contribution in [2.45, 2.75) is 25.7 Å². The number of anilines is 2. The van der Waals surface area contributed by atoms with Gasteiger partial charge in [-0.25, -0.2) is 0 Å². The number of hydrogen-bond donors (Lipinski definition) is 1. The third-order valence-corrected chi connectivity index (χ3v) is 7.06. The van der Waals surface area contributed by atoms with Crippen molar-refractivity contribution >= 4 is 27.5 Å². The molecule has 0 aliphatic carbocycles. The number of nitrogens with zero attached hydrogens (tertiary/aromatic N) is 3. The Bertz CT molecular complexity index is 727. The molecule has 0 saturated carbocycles. The Morgan fingerprint density at radius 3 is 2.35 bits per heavy atom. The normalized spacial score (nSPS) is 22.0. The SMILES string of the molecule is CN(C)S(=O)(=O)N1CCC[C@@H](C(=O)Nc2ccc(N3CCCC3)cc2)C1. The first kappa shape index (κ1) is 19.1. The zero-order valence-electron chi connectivity index (χ0n) is 15.5. The minimum atomic E-state index is -3.47. The van der Waals surface area contributed by atoms with Crippen LogP contribution in [-0.4, -0.2) is 63.2 Å². The lowest BCUT2D eigenvalue weighted by Gasteiger charge is -2.32. The van der Waals surface area contributed by atoms with Crippen LogP contribution in [0.3, 0.4) is 0 Å². The maximum absolute atomic E-state index is 12.6. The van der Waals surface area contributed by atoms with Crippen molar-refractivity contribution in [3.8, 4) is 0 Å². The van der Waals surface area contributed by atoms with Gasteiger partial charge < -0.3 is 10.2 Å². The van der Waals surface area contributed by atoms with E-state index in [1.807, 2.05) is 24.3 Å². The van der Waals surface area contributed by atoms with E-state index in [1.54, 1.807) is 0 Å². The molecule has 0 aromatic heterocycles. The molecule has 0 spiro atoms. The van der Waals surface area contributed by atoms with Crippen LogP contribution in [0.25, 0.3) is 0 Å². The molecule has 2 heterocycles. The van der Waals surface area contributed by atoms with Crippen molar-refractivity contribution in [3.05, 3.63) is 24.3 Å². The molecule has 1 aromatic rings. The molecule has 1 N–H and O–H groups in total. The minimum Gasteiger partial charge on any atom is -0.372 e. The molecule has 7 nitrogen and oxygen atoms in total. The van der Waals surface area contributed by atoms with Crippen molar-refractivity contribution in [3.63, 3.8) is 0 Å². The first-order chi connectivity index (χ1) is 12.4. The molecule has 8 heteroatoms. The van der Waals surface area contributed by atoms with Crippen LogP contribution in [0.15, 0.2) is 24.3 Å². The number of hydrogen-bond acceptors (Lipinski definition) is 4. The maximum Gasteiger partial charge on any atom is 0.281 e. The van der Waals surface area contributed by atoms with E-state index in [0.717, 1.165) is 18.8 Å². The molecule has 2 aliphatic heterocycles. The number of carbonyl (C=O) groups is 1. The molecule has 0 bridgehead atoms. The molecule has 1 amide bonds. The van der Waals surface area contributed by atoms with Crippen molar-refractivity contribution in [1.82, 2.24) is 8.61 Å². The average Bonchev–Trinajstić information content (AvgIpc) is 3.17. The van der Waals surface area contributed by atoms with Gasteiger partial charge >= 0.3 is 0 Å². The second kappa shape index (κ2) is 7.94. The highest BCUT2D eigenvalue weighted by Crippen LogP contribution is 2.24. The number of amides is 1. The van der Waals surface area contributed by atoms with Gasteiger partial charge in [0, 0.05) is 51.6 Å². The maximum atomic E-state index is 12.6. The topological polar surface area (TPSA) is 73.0 Å².